The van der Waals surface area contributed by atoms with Crippen LogP contribution in [0.1, 0.15) is 18.3 Å². The van der Waals surface area contributed by atoms with Crippen LogP contribution in [0.15, 0.2) is 24.5 Å². The van der Waals surface area contributed by atoms with E-state index in [1.807, 2.05) is 36.7 Å². The second kappa shape index (κ2) is 5.19. The first-order valence-electron chi connectivity index (χ1n) is 5.57. The van der Waals surface area contributed by atoms with Gasteiger partial charge in [0.2, 0.25) is 0 Å². The predicted molar refractivity (Wildman–Crippen MR) is 69.2 cm³/mol. The van der Waals surface area contributed by atoms with Crippen molar-refractivity contribution in [1.82, 2.24) is 14.8 Å². The molecule has 0 aliphatic rings. The predicted octanol–water partition coefficient (Wildman–Crippen LogP) is 2.87. The van der Waals surface area contributed by atoms with Crippen LogP contribution in [0.5, 0.6) is 0 Å². The highest BCUT2D eigenvalue weighted by atomic mass is 35.5. The lowest BCUT2D eigenvalue weighted by Gasteiger charge is -2.09. The van der Waals surface area contributed by atoms with E-state index in [2.05, 4.69) is 15.4 Å². The van der Waals surface area contributed by atoms with Gasteiger partial charge in [-0.25, -0.2) is 9.67 Å². The number of aromatic nitrogens is 3. The summed E-state index contributed by atoms with van der Waals surface area (Å²) in [7, 11) is 0. The van der Waals surface area contributed by atoms with Crippen LogP contribution in [0.3, 0.4) is 0 Å². The summed E-state index contributed by atoms with van der Waals surface area (Å²) in [5, 5.41) is 8.12. The van der Waals surface area contributed by atoms with Gasteiger partial charge >= 0.3 is 0 Å². The van der Waals surface area contributed by atoms with Gasteiger partial charge < -0.3 is 5.32 Å². The number of benzene rings is 1. The molecule has 17 heavy (non-hydrogen) atoms. The van der Waals surface area contributed by atoms with Gasteiger partial charge in [0.05, 0.1) is 17.3 Å². The van der Waals surface area contributed by atoms with Crippen LogP contribution in [-0.2, 0) is 13.1 Å². The van der Waals surface area contributed by atoms with E-state index in [-0.39, 0.29) is 0 Å². The molecule has 0 aliphatic heterocycles. The van der Waals surface area contributed by atoms with E-state index < -0.39 is 0 Å². The fraction of sp³-hybridized carbons (Fsp3) is 0.333. The SMILES string of the molecule is CCn1ncnc1CNc1cc(C)ccc1Cl. The van der Waals surface area contributed by atoms with E-state index in [0.29, 0.717) is 6.54 Å². The lowest BCUT2D eigenvalue weighted by molar-refractivity contribution is 0.622. The Morgan fingerprint density at radius 1 is 1.41 bits per heavy atom. The highest BCUT2D eigenvalue weighted by Crippen LogP contribution is 2.23. The number of anilines is 1. The molecule has 2 aromatic rings. The largest absolute Gasteiger partial charge is 0.377 e. The van der Waals surface area contributed by atoms with Crippen molar-refractivity contribution in [2.24, 2.45) is 0 Å². The molecule has 0 aliphatic carbocycles. The molecule has 5 heteroatoms. The molecule has 1 aromatic heterocycles. The van der Waals surface area contributed by atoms with Crippen LogP contribution >= 0.6 is 11.6 Å². The van der Waals surface area contributed by atoms with Crippen LogP contribution in [0.4, 0.5) is 5.69 Å². The van der Waals surface area contributed by atoms with E-state index in [9.17, 15) is 0 Å². The molecule has 1 aromatic carbocycles. The van der Waals surface area contributed by atoms with Gasteiger partial charge in [-0.3, -0.25) is 0 Å². The number of halogens is 1. The molecule has 90 valence electrons. The molecule has 0 unspecified atom stereocenters. The van der Waals surface area contributed by atoms with Crippen molar-refractivity contribution in [3.05, 3.63) is 40.9 Å². The standard InChI is InChI=1S/C12H15ClN4/c1-3-17-12(15-8-16-17)7-14-11-6-9(2)4-5-10(11)13/h4-6,8,14H,3,7H2,1-2H3. The Morgan fingerprint density at radius 2 is 2.24 bits per heavy atom. The van der Waals surface area contributed by atoms with Crippen molar-refractivity contribution in [2.45, 2.75) is 26.9 Å². The molecule has 0 spiro atoms. The second-order valence-corrected chi connectivity index (χ2v) is 4.24. The number of hydrogen-bond donors (Lipinski definition) is 1. The maximum absolute atomic E-state index is 6.10. The van der Waals surface area contributed by atoms with Gasteiger partial charge in [0.15, 0.2) is 0 Å². The third-order valence-corrected chi connectivity index (χ3v) is 2.88. The summed E-state index contributed by atoms with van der Waals surface area (Å²) in [6.45, 7) is 5.52. The summed E-state index contributed by atoms with van der Waals surface area (Å²) < 4.78 is 1.86. The molecule has 1 N–H and O–H groups in total. The first-order valence-corrected chi connectivity index (χ1v) is 5.95. The monoisotopic (exact) mass is 250 g/mol. The minimum Gasteiger partial charge on any atom is -0.377 e. The fourth-order valence-corrected chi connectivity index (χ4v) is 1.82. The average Bonchev–Trinajstić information content (AvgIpc) is 2.77. The Morgan fingerprint density at radius 3 is 3.00 bits per heavy atom. The Balaban J connectivity index is 2.09. The lowest BCUT2D eigenvalue weighted by Crippen LogP contribution is -2.09. The number of hydrogen-bond acceptors (Lipinski definition) is 3. The third kappa shape index (κ3) is 2.77. The zero-order valence-corrected chi connectivity index (χ0v) is 10.7. The van der Waals surface area contributed by atoms with Crippen LogP contribution in [0.2, 0.25) is 5.02 Å². The summed E-state index contributed by atoms with van der Waals surface area (Å²) in [5.74, 6) is 0.907. The Labute approximate surface area is 106 Å². The number of aryl methyl sites for hydroxylation is 2. The van der Waals surface area contributed by atoms with E-state index >= 15 is 0 Å². The van der Waals surface area contributed by atoms with Gasteiger partial charge in [0, 0.05) is 6.54 Å². The van der Waals surface area contributed by atoms with E-state index in [1.165, 1.54) is 5.56 Å². The molecule has 1 heterocycles. The van der Waals surface area contributed by atoms with Crippen molar-refractivity contribution in [1.29, 1.82) is 0 Å². The van der Waals surface area contributed by atoms with Crippen molar-refractivity contribution in [3.63, 3.8) is 0 Å². The van der Waals surface area contributed by atoms with Gasteiger partial charge in [-0.05, 0) is 31.5 Å². The maximum Gasteiger partial charge on any atom is 0.146 e. The molecule has 2 rings (SSSR count). The zero-order valence-electron chi connectivity index (χ0n) is 9.94. The smallest absolute Gasteiger partial charge is 0.146 e. The number of nitrogens with zero attached hydrogens (tertiary/aromatic N) is 3. The summed E-state index contributed by atoms with van der Waals surface area (Å²) in [5.41, 5.74) is 2.10. The topological polar surface area (TPSA) is 42.7 Å². The van der Waals surface area contributed by atoms with Crippen LogP contribution < -0.4 is 5.32 Å². The van der Waals surface area contributed by atoms with E-state index in [4.69, 9.17) is 11.6 Å². The third-order valence-electron chi connectivity index (χ3n) is 2.55. The van der Waals surface area contributed by atoms with Gasteiger partial charge in [0.1, 0.15) is 12.2 Å². The quantitative estimate of drug-likeness (QED) is 0.907. The zero-order chi connectivity index (χ0) is 12.3. The maximum atomic E-state index is 6.10. The average molecular weight is 251 g/mol. The fourth-order valence-electron chi connectivity index (χ4n) is 1.64. The van der Waals surface area contributed by atoms with Crippen molar-refractivity contribution >= 4 is 17.3 Å². The summed E-state index contributed by atoms with van der Waals surface area (Å²) >= 11 is 6.10. The molecular formula is C12H15ClN4. The minimum atomic E-state index is 0.622. The lowest BCUT2D eigenvalue weighted by atomic mass is 10.2. The first kappa shape index (κ1) is 11.9. The van der Waals surface area contributed by atoms with Crippen LogP contribution in [0.25, 0.3) is 0 Å². The van der Waals surface area contributed by atoms with Gasteiger partial charge in [-0.1, -0.05) is 17.7 Å². The van der Waals surface area contributed by atoms with Crippen LogP contribution in [0, 0.1) is 6.92 Å². The first-order chi connectivity index (χ1) is 8.20. The summed E-state index contributed by atoms with van der Waals surface area (Å²) in [6, 6.07) is 5.90. The van der Waals surface area contributed by atoms with Gasteiger partial charge in [0.25, 0.3) is 0 Å². The van der Waals surface area contributed by atoms with Gasteiger partial charge in [-0.15, -0.1) is 0 Å². The highest BCUT2D eigenvalue weighted by Gasteiger charge is 2.04. The molecule has 0 saturated heterocycles. The summed E-state index contributed by atoms with van der Waals surface area (Å²) in [4.78, 5) is 4.20. The second-order valence-electron chi connectivity index (χ2n) is 3.83. The minimum absolute atomic E-state index is 0.622. The van der Waals surface area contributed by atoms with E-state index in [0.717, 1.165) is 23.1 Å². The molecule has 0 atom stereocenters. The molecule has 0 fully saturated rings. The number of rotatable bonds is 4. The van der Waals surface area contributed by atoms with Crippen molar-refractivity contribution < 1.29 is 0 Å². The normalized spacial score (nSPS) is 10.5. The Bertz CT molecular complexity index is 507. The molecule has 4 nitrogen and oxygen atoms in total. The molecule has 0 amide bonds. The molecular weight excluding hydrogens is 236 g/mol. The van der Waals surface area contributed by atoms with Crippen molar-refractivity contribution in [2.75, 3.05) is 5.32 Å². The molecule has 0 bridgehead atoms. The molecule has 0 radical (unpaired) electrons. The molecule has 0 saturated carbocycles. The summed E-state index contributed by atoms with van der Waals surface area (Å²) in [6.07, 6.45) is 1.57. The highest BCUT2D eigenvalue weighted by molar-refractivity contribution is 6.33. The number of nitrogens with one attached hydrogen (secondary N) is 1. The van der Waals surface area contributed by atoms with Crippen LogP contribution in [-0.4, -0.2) is 14.8 Å². The van der Waals surface area contributed by atoms with E-state index in [1.54, 1.807) is 6.33 Å². The Hall–Kier alpha value is -1.55. The van der Waals surface area contributed by atoms with Gasteiger partial charge in [-0.2, -0.15) is 5.10 Å². The van der Waals surface area contributed by atoms with Crippen molar-refractivity contribution in [3.8, 4) is 0 Å². The Kier molecular flexibility index (Phi) is 3.64.